The minimum atomic E-state index is -0.774. The Kier molecular flexibility index (Phi) is 10.6. The number of hydrogen-bond donors (Lipinski definition) is 1. The topological polar surface area (TPSA) is 58.6 Å². The zero-order valence-electron chi connectivity index (χ0n) is 20.7. The smallest absolute Gasteiger partial charge is 0.261 e. The summed E-state index contributed by atoms with van der Waals surface area (Å²) in [5, 5.41) is 3.87. The van der Waals surface area contributed by atoms with E-state index in [1.165, 1.54) is 4.90 Å². The van der Waals surface area contributed by atoms with E-state index in [1.54, 1.807) is 18.2 Å². The molecular formula is C29H32Cl2N2O3. The first-order valence-electron chi connectivity index (χ1n) is 12.1. The standard InChI is InChI=1S/C29H32Cl2N2O3/c1-3-4-17-32-29(35)26(18-22-12-6-5-7-13-22)33(19-23-24(30)14-10-15-25(23)31)28(34)20-36-27-16-9-8-11-21(27)2/h5-16,26H,3-4,17-20H2,1-2H3,(H,32,35)/t26-/m1/s1. The molecule has 190 valence electrons. The zero-order valence-corrected chi connectivity index (χ0v) is 22.2. The second-order valence-electron chi connectivity index (χ2n) is 8.63. The molecule has 3 rings (SSSR count). The van der Waals surface area contributed by atoms with Crippen LogP contribution in [-0.2, 0) is 22.6 Å². The van der Waals surface area contributed by atoms with Crippen molar-refractivity contribution in [3.63, 3.8) is 0 Å². The molecule has 0 spiro atoms. The molecule has 0 aliphatic heterocycles. The summed E-state index contributed by atoms with van der Waals surface area (Å²) in [6, 6.07) is 21.6. The van der Waals surface area contributed by atoms with Crippen LogP contribution in [0, 0.1) is 6.92 Å². The van der Waals surface area contributed by atoms with Gasteiger partial charge in [-0.25, -0.2) is 0 Å². The van der Waals surface area contributed by atoms with E-state index in [0.29, 0.717) is 34.3 Å². The molecule has 0 fully saturated rings. The molecule has 3 aromatic carbocycles. The number of carbonyl (C=O) groups excluding carboxylic acids is 2. The van der Waals surface area contributed by atoms with Crippen molar-refractivity contribution in [2.24, 2.45) is 0 Å². The normalized spacial score (nSPS) is 11.6. The number of benzene rings is 3. The number of amides is 2. The van der Waals surface area contributed by atoms with Gasteiger partial charge in [-0.1, -0.05) is 91.1 Å². The molecule has 0 saturated heterocycles. The Balaban J connectivity index is 1.94. The lowest BCUT2D eigenvalue weighted by atomic mass is 10.0. The van der Waals surface area contributed by atoms with E-state index in [-0.39, 0.29) is 25.0 Å². The van der Waals surface area contributed by atoms with Crippen molar-refractivity contribution in [2.75, 3.05) is 13.2 Å². The van der Waals surface area contributed by atoms with E-state index in [9.17, 15) is 9.59 Å². The van der Waals surface area contributed by atoms with Crippen molar-refractivity contribution < 1.29 is 14.3 Å². The molecule has 0 unspecified atom stereocenters. The fourth-order valence-electron chi connectivity index (χ4n) is 3.85. The highest BCUT2D eigenvalue weighted by Gasteiger charge is 2.31. The maximum absolute atomic E-state index is 13.7. The molecule has 7 heteroatoms. The van der Waals surface area contributed by atoms with Crippen LogP contribution in [-0.4, -0.2) is 35.9 Å². The molecule has 36 heavy (non-hydrogen) atoms. The maximum Gasteiger partial charge on any atom is 0.261 e. The van der Waals surface area contributed by atoms with E-state index in [1.807, 2.05) is 61.5 Å². The van der Waals surface area contributed by atoms with Gasteiger partial charge in [0.05, 0.1) is 0 Å². The van der Waals surface area contributed by atoms with Crippen molar-refractivity contribution in [1.29, 1.82) is 0 Å². The minimum absolute atomic E-state index is 0.0766. The second-order valence-corrected chi connectivity index (χ2v) is 9.44. The molecule has 5 nitrogen and oxygen atoms in total. The van der Waals surface area contributed by atoms with Gasteiger partial charge in [-0.2, -0.15) is 0 Å². The van der Waals surface area contributed by atoms with Gasteiger partial charge < -0.3 is 15.0 Å². The highest BCUT2D eigenvalue weighted by molar-refractivity contribution is 6.36. The molecule has 0 radical (unpaired) electrons. The quantitative estimate of drug-likeness (QED) is 0.284. The number of nitrogens with one attached hydrogen (secondary N) is 1. The first kappa shape index (κ1) is 27.6. The number of hydrogen-bond acceptors (Lipinski definition) is 3. The van der Waals surface area contributed by atoms with Crippen LogP contribution >= 0.6 is 23.2 Å². The molecule has 1 atom stereocenters. The third-order valence-corrected chi connectivity index (χ3v) is 6.64. The summed E-state index contributed by atoms with van der Waals surface area (Å²) in [5.74, 6) is 0.0640. The van der Waals surface area contributed by atoms with Gasteiger partial charge in [0.15, 0.2) is 6.61 Å². The highest BCUT2D eigenvalue weighted by atomic mass is 35.5. The van der Waals surface area contributed by atoms with E-state index in [4.69, 9.17) is 27.9 Å². The largest absolute Gasteiger partial charge is 0.484 e. The zero-order chi connectivity index (χ0) is 25.9. The van der Waals surface area contributed by atoms with Crippen molar-refractivity contribution in [3.8, 4) is 5.75 Å². The lowest BCUT2D eigenvalue weighted by Crippen LogP contribution is -2.52. The number of carbonyl (C=O) groups is 2. The number of unbranched alkanes of at least 4 members (excludes halogenated alkanes) is 1. The Bertz CT molecular complexity index is 1130. The summed E-state index contributed by atoms with van der Waals surface area (Å²) in [4.78, 5) is 28.6. The van der Waals surface area contributed by atoms with E-state index >= 15 is 0 Å². The summed E-state index contributed by atoms with van der Waals surface area (Å²) in [6.07, 6.45) is 2.15. The number of rotatable bonds is 12. The van der Waals surface area contributed by atoms with Crippen LogP contribution in [0.15, 0.2) is 72.8 Å². The maximum atomic E-state index is 13.7. The minimum Gasteiger partial charge on any atom is -0.484 e. The summed E-state index contributed by atoms with van der Waals surface area (Å²) >= 11 is 12.9. The molecule has 0 aliphatic carbocycles. The van der Waals surface area contributed by atoms with Crippen LogP contribution in [0.1, 0.15) is 36.5 Å². The van der Waals surface area contributed by atoms with E-state index in [0.717, 1.165) is 24.0 Å². The lowest BCUT2D eigenvalue weighted by molar-refractivity contribution is -0.142. The molecular weight excluding hydrogens is 495 g/mol. The Morgan fingerprint density at radius 2 is 1.61 bits per heavy atom. The first-order valence-corrected chi connectivity index (χ1v) is 12.9. The monoisotopic (exact) mass is 526 g/mol. The molecule has 0 heterocycles. The lowest BCUT2D eigenvalue weighted by Gasteiger charge is -2.32. The van der Waals surface area contributed by atoms with Crippen LogP contribution in [0.25, 0.3) is 0 Å². The highest BCUT2D eigenvalue weighted by Crippen LogP contribution is 2.27. The van der Waals surface area contributed by atoms with Crippen LogP contribution < -0.4 is 10.1 Å². The van der Waals surface area contributed by atoms with Crippen LogP contribution in [0.5, 0.6) is 5.75 Å². The van der Waals surface area contributed by atoms with Crippen LogP contribution in [0.2, 0.25) is 10.0 Å². The van der Waals surface area contributed by atoms with Gasteiger partial charge in [0, 0.05) is 35.1 Å². The Morgan fingerprint density at radius 1 is 0.944 bits per heavy atom. The average molecular weight is 527 g/mol. The van der Waals surface area contributed by atoms with E-state index < -0.39 is 6.04 Å². The third-order valence-electron chi connectivity index (χ3n) is 5.94. The fraction of sp³-hybridized carbons (Fsp3) is 0.310. The van der Waals surface area contributed by atoms with E-state index in [2.05, 4.69) is 12.2 Å². The molecule has 2 amide bonds. The predicted octanol–water partition coefficient (Wildman–Crippen LogP) is 6.24. The number of halogens is 2. The van der Waals surface area contributed by atoms with Gasteiger partial charge in [0.25, 0.3) is 5.91 Å². The number of para-hydroxylation sites is 1. The van der Waals surface area contributed by atoms with Gasteiger partial charge in [-0.15, -0.1) is 0 Å². The van der Waals surface area contributed by atoms with Crippen LogP contribution in [0.4, 0.5) is 0 Å². The Labute approximate surface area is 223 Å². The predicted molar refractivity (Wildman–Crippen MR) is 146 cm³/mol. The Hall–Kier alpha value is -3.02. The number of aryl methyl sites for hydroxylation is 1. The molecule has 3 aromatic rings. The summed E-state index contributed by atoms with van der Waals surface area (Å²) in [6.45, 7) is 4.37. The van der Waals surface area contributed by atoms with Crippen molar-refractivity contribution >= 4 is 35.0 Å². The molecule has 0 saturated carbocycles. The molecule has 0 aromatic heterocycles. The Morgan fingerprint density at radius 3 is 2.28 bits per heavy atom. The average Bonchev–Trinajstić information content (AvgIpc) is 2.87. The first-order chi connectivity index (χ1) is 17.4. The number of nitrogens with zero attached hydrogens (tertiary/aromatic N) is 1. The fourth-order valence-corrected chi connectivity index (χ4v) is 4.37. The summed E-state index contributed by atoms with van der Waals surface area (Å²) < 4.78 is 5.87. The molecule has 1 N–H and O–H groups in total. The van der Waals surface area contributed by atoms with Crippen molar-refractivity contribution in [3.05, 3.63) is 99.5 Å². The van der Waals surface area contributed by atoms with Crippen molar-refractivity contribution in [1.82, 2.24) is 10.2 Å². The SMILES string of the molecule is CCCCNC(=O)[C@@H](Cc1ccccc1)N(Cc1c(Cl)cccc1Cl)C(=O)COc1ccccc1C. The van der Waals surface area contributed by atoms with Crippen LogP contribution in [0.3, 0.4) is 0 Å². The van der Waals surface area contributed by atoms with Crippen molar-refractivity contribution in [2.45, 2.75) is 45.7 Å². The van der Waals surface area contributed by atoms with Gasteiger partial charge in [-0.05, 0) is 42.7 Å². The summed E-state index contributed by atoms with van der Waals surface area (Å²) in [5.41, 5.74) is 2.45. The second kappa shape index (κ2) is 13.9. The third kappa shape index (κ3) is 7.74. The van der Waals surface area contributed by atoms with Gasteiger partial charge in [0.2, 0.25) is 5.91 Å². The van der Waals surface area contributed by atoms with Gasteiger partial charge >= 0.3 is 0 Å². The molecule has 0 bridgehead atoms. The van der Waals surface area contributed by atoms with Gasteiger partial charge in [-0.3, -0.25) is 9.59 Å². The van der Waals surface area contributed by atoms with Gasteiger partial charge in [0.1, 0.15) is 11.8 Å². The molecule has 0 aliphatic rings. The number of ether oxygens (including phenoxy) is 1. The summed E-state index contributed by atoms with van der Waals surface area (Å²) in [7, 11) is 0.